The van der Waals surface area contributed by atoms with Gasteiger partial charge >= 0.3 is 6.09 Å². The zero-order chi connectivity index (χ0) is 26.0. The second-order valence-electron chi connectivity index (χ2n) is 9.46. The van der Waals surface area contributed by atoms with Gasteiger partial charge in [0.1, 0.15) is 11.1 Å². The number of nitrogens with zero attached hydrogens (tertiary/aromatic N) is 3. The second-order valence-corrected chi connectivity index (χ2v) is 12.4. The average Bonchev–Trinajstić information content (AvgIpc) is 3.22. The number of alkyl carbamates (subject to hydrolysis) is 1. The highest BCUT2D eigenvalue weighted by Crippen LogP contribution is 2.32. The minimum absolute atomic E-state index is 0.176. The average molecular weight is 565 g/mol. The Labute approximate surface area is 214 Å². The molecule has 11 heteroatoms. The lowest BCUT2D eigenvalue weighted by Crippen LogP contribution is -2.47. The fourth-order valence-corrected chi connectivity index (χ4v) is 4.31. The van der Waals surface area contributed by atoms with Gasteiger partial charge in [0.25, 0.3) is 0 Å². The smallest absolute Gasteiger partial charge is 0.408 e. The van der Waals surface area contributed by atoms with E-state index in [2.05, 4.69) is 31.4 Å². The Morgan fingerprint density at radius 2 is 1.77 bits per heavy atom. The molecule has 0 saturated carbocycles. The summed E-state index contributed by atoms with van der Waals surface area (Å²) in [6.07, 6.45) is 0.876. The molecule has 1 heterocycles. The van der Waals surface area contributed by atoms with Crippen molar-refractivity contribution >= 4 is 37.7 Å². The van der Waals surface area contributed by atoms with Gasteiger partial charge in [0.15, 0.2) is 0 Å². The molecule has 3 rings (SSSR count). The molecule has 0 aliphatic carbocycles. The molecule has 1 aromatic heterocycles. The molecule has 35 heavy (non-hydrogen) atoms. The maximum absolute atomic E-state index is 12.7. The molecule has 0 radical (unpaired) electrons. The molecule has 2 aromatic carbocycles. The molecule has 1 unspecified atom stereocenters. The number of carbonyl (C=O) groups is 1. The van der Waals surface area contributed by atoms with Gasteiger partial charge in [0, 0.05) is 23.5 Å². The monoisotopic (exact) mass is 564 g/mol. The molecule has 0 aliphatic heterocycles. The lowest BCUT2D eigenvalue weighted by molar-refractivity contribution is 0.0443. The fourth-order valence-electron chi connectivity index (χ4n) is 3.34. The molecule has 1 amide bonds. The van der Waals surface area contributed by atoms with Crippen LogP contribution in [-0.2, 0) is 26.7 Å². The molecule has 188 valence electrons. The number of hydrogen-bond acceptors (Lipinski definition) is 7. The molecular formula is C24H29BrN4O5S. The Kier molecular flexibility index (Phi) is 7.61. The summed E-state index contributed by atoms with van der Waals surface area (Å²) in [5.41, 5.74) is 0.132. The first kappa shape index (κ1) is 26.7. The van der Waals surface area contributed by atoms with E-state index >= 15 is 0 Å². The van der Waals surface area contributed by atoms with E-state index < -0.39 is 27.3 Å². The molecule has 0 spiro atoms. The maximum atomic E-state index is 12.7. The lowest BCUT2D eigenvalue weighted by Gasteiger charge is -2.29. The van der Waals surface area contributed by atoms with Crippen LogP contribution in [0.4, 0.5) is 10.5 Å². The van der Waals surface area contributed by atoms with E-state index in [-0.39, 0.29) is 11.8 Å². The summed E-state index contributed by atoms with van der Waals surface area (Å²) in [5.74, 6) is 0.356. The topological polar surface area (TPSA) is 115 Å². The Balaban J connectivity index is 2.00. The van der Waals surface area contributed by atoms with Crippen molar-refractivity contribution in [3.05, 3.63) is 64.5 Å². The van der Waals surface area contributed by atoms with Gasteiger partial charge in [-0.2, -0.15) is 0 Å². The van der Waals surface area contributed by atoms with Crippen molar-refractivity contribution in [3.63, 3.8) is 0 Å². The van der Waals surface area contributed by atoms with Crippen LogP contribution in [0.5, 0.6) is 0 Å². The summed E-state index contributed by atoms with van der Waals surface area (Å²) in [7, 11) is -2.01. The van der Waals surface area contributed by atoms with Gasteiger partial charge < -0.3 is 14.5 Å². The maximum Gasteiger partial charge on any atom is 0.408 e. The normalized spacial score (nSPS) is 13.7. The van der Waals surface area contributed by atoms with Crippen LogP contribution in [0, 0.1) is 0 Å². The molecule has 0 aliphatic rings. The Bertz CT molecular complexity index is 1300. The fraction of sp³-hybridized carbons (Fsp3) is 0.375. The SMILES string of the molecule is CN(c1cc(Br)cc(-c2nnc(C(C)(Cc3ccccc3)NC(=O)OC(C)(C)C)o2)c1)S(C)(=O)=O. The third kappa shape index (κ3) is 7.04. The largest absolute Gasteiger partial charge is 0.444 e. The van der Waals surface area contributed by atoms with Crippen LogP contribution >= 0.6 is 15.9 Å². The van der Waals surface area contributed by atoms with Crippen molar-refractivity contribution in [1.29, 1.82) is 0 Å². The quantitative estimate of drug-likeness (QED) is 0.435. The van der Waals surface area contributed by atoms with Gasteiger partial charge in [0.2, 0.25) is 21.8 Å². The van der Waals surface area contributed by atoms with Gasteiger partial charge in [-0.1, -0.05) is 46.3 Å². The highest BCUT2D eigenvalue weighted by atomic mass is 79.9. The zero-order valence-electron chi connectivity index (χ0n) is 20.5. The number of nitrogens with one attached hydrogen (secondary N) is 1. The lowest BCUT2D eigenvalue weighted by atomic mass is 9.92. The molecular weight excluding hydrogens is 536 g/mol. The van der Waals surface area contributed by atoms with Crippen molar-refractivity contribution < 1.29 is 22.4 Å². The minimum Gasteiger partial charge on any atom is -0.444 e. The molecule has 9 nitrogen and oxygen atoms in total. The van der Waals surface area contributed by atoms with Crippen LogP contribution < -0.4 is 9.62 Å². The van der Waals surface area contributed by atoms with E-state index in [1.165, 1.54) is 7.05 Å². The predicted octanol–water partition coefficient (Wildman–Crippen LogP) is 4.88. The van der Waals surface area contributed by atoms with Crippen LogP contribution in [0.2, 0.25) is 0 Å². The Morgan fingerprint density at radius 3 is 2.37 bits per heavy atom. The van der Waals surface area contributed by atoms with Gasteiger partial charge in [-0.15, -0.1) is 10.2 Å². The molecule has 0 fully saturated rings. The van der Waals surface area contributed by atoms with E-state index in [0.717, 1.165) is 16.1 Å². The first-order valence-electron chi connectivity index (χ1n) is 10.8. The van der Waals surface area contributed by atoms with Crippen molar-refractivity contribution in [3.8, 4) is 11.5 Å². The van der Waals surface area contributed by atoms with Crippen molar-refractivity contribution in [2.45, 2.75) is 45.3 Å². The molecule has 1 atom stereocenters. The van der Waals surface area contributed by atoms with Gasteiger partial charge in [-0.05, 0) is 51.5 Å². The number of benzene rings is 2. The van der Waals surface area contributed by atoms with E-state index in [1.54, 1.807) is 45.9 Å². The number of carbonyl (C=O) groups excluding carboxylic acids is 1. The highest BCUT2D eigenvalue weighted by Gasteiger charge is 2.36. The zero-order valence-corrected chi connectivity index (χ0v) is 22.9. The van der Waals surface area contributed by atoms with Gasteiger partial charge in [-0.3, -0.25) is 4.31 Å². The number of hydrogen-bond donors (Lipinski definition) is 1. The van der Waals surface area contributed by atoms with E-state index in [4.69, 9.17) is 9.15 Å². The number of ether oxygens (including phenoxy) is 1. The van der Waals surface area contributed by atoms with Crippen molar-refractivity contribution in [2.24, 2.45) is 0 Å². The summed E-state index contributed by atoms with van der Waals surface area (Å²) < 4.78 is 37.3. The first-order valence-corrected chi connectivity index (χ1v) is 13.4. The third-order valence-electron chi connectivity index (χ3n) is 5.06. The van der Waals surface area contributed by atoms with Crippen LogP contribution in [0.1, 0.15) is 39.1 Å². The van der Waals surface area contributed by atoms with Gasteiger partial charge in [-0.25, -0.2) is 13.2 Å². The summed E-state index contributed by atoms with van der Waals surface area (Å²) in [6, 6.07) is 14.7. The molecule has 0 bridgehead atoms. The minimum atomic E-state index is -3.47. The summed E-state index contributed by atoms with van der Waals surface area (Å²) in [5, 5.41) is 11.3. The van der Waals surface area contributed by atoms with Gasteiger partial charge in [0.05, 0.1) is 11.9 Å². The summed E-state index contributed by atoms with van der Waals surface area (Å²) >= 11 is 3.41. The third-order valence-corrected chi connectivity index (χ3v) is 6.73. The number of sulfonamides is 1. The number of amides is 1. The van der Waals surface area contributed by atoms with Crippen LogP contribution in [0.15, 0.2) is 57.4 Å². The predicted molar refractivity (Wildman–Crippen MR) is 138 cm³/mol. The Morgan fingerprint density at radius 1 is 1.11 bits per heavy atom. The van der Waals surface area contributed by atoms with Crippen LogP contribution in [0.3, 0.4) is 0 Å². The number of aromatic nitrogens is 2. The molecule has 3 aromatic rings. The van der Waals surface area contributed by atoms with E-state index in [9.17, 15) is 13.2 Å². The summed E-state index contributed by atoms with van der Waals surface area (Å²) in [6.45, 7) is 7.13. The van der Waals surface area contributed by atoms with E-state index in [1.807, 2.05) is 30.3 Å². The highest BCUT2D eigenvalue weighted by molar-refractivity contribution is 9.10. The second kappa shape index (κ2) is 9.98. The molecule has 0 saturated heterocycles. The number of rotatable bonds is 7. The molecule has 1 N–H and O–H groups in total. The Hall–Kier alpha value is -2.92. The van der Waals surface area contributed by atoms with Crippen LogP contribution in [-0.4, -0.2) is 43.6 Å². The number of anilines is 1. The van der Waals surface area contributed by atoms with E-state index in [0.29, 0.717) is 22.1 Å². The first-order chi connectivity index (χ1) is 16.2. The van der Waals surface area contributed by atoms with Crippen molar-refractivity contribution in [1.82, 2.24) is 15.5 Å². The van der Waals surface area contributed by atoms with Crippen LogP contribution in [0.25, 0.3) is 11.5 Å². The number of halogens is 1. The van der Waals surface area contributed by atoms with Crippen molar-refractivity contribution in [2.75, 3.05) is 17.6 Å². The standard InChI is InChI=1S/C24H29BrN4O5S/c1-23(2,3)34-22(30)26-24(4,15-16-10-8-7-9-11-16)21-28-27-20(33-21)17-12-18(25)14-19(13-17)29(5)35(6,31)32/h7-14H,15H2,1-6H3,(H,26,30). The summed E-state index contributed by atoms with van der Waals surface area (Å²) in [4.78, 5) is 12.7.